The summed E-state index contributed by atoms with van der Waals surface area (Å²) < 4.78 is 0. The summed E-state index contributed by atoms with van der Waals surface area (Å²) >= 11 is 0. The Morgan fingerprint density at radius 1 is 1.00 bits per heavy atom. The molecule has 0 spiro atoms. The molecule has 0 aromatic carbocycles. The van der Waals surface area contributed by atoms with Crippen LogP contribution in [0, 0.1) is 17.8 Å². The molecule has 1 nitrogen and oxygen atoms in total. The highest BCUT2D eigenvalue weighted by Gasteiger charge is 2.29. The number of nitrogens with one attached hydrogen (secondary N) is 1. The van der Waals surface area contributed by atoms with Gasteiger partial charge in [-0.15, -0.1) is 0 Å². The maximum Gasteiger partial charge on any atom is 0.00980 e. The van der Waals surface area contributed by atoms with Crippen molar-refractivity contribution < 1.29 is 0 Å². The molecule has 1 N–H and O–H groups in total. The average Bonchev–Trinajstić information content (AvgIpc) is 2.30. The minimum Gasteiger partial charge on any atom is -0.314 e. The first kappa shape index (κ1) is 11.4. The zero-order valence-electron chi connectivity index (χ0n) is 10.5. The second-order valence-electron chi connectivity index (χ2n) is 5.99. The Labute approximate surface area is 95.0 Å². The van der Waals surface area contributed by atoms with Crippen molar-refractivity contribution in [1.82, 2.24) is 5.32 Å². The Morgan fingerprint density at radius 2 is 1.73 bits per heavy atom. The molecule has 1 aliphatic carbocycles. The second kappa shape index (κ2) is 5.34. The highest BCUT2D eigenvalue weighted by Crippen LogP contribution is 2.33. The number of rotatable bonds is 2. The molecule has 2 unspecified atom stereocenters. The molecule has 0 aromatic heterocycles. The molecule has 1 heterocycles. The zero-order valence-corrected chi connectivity index (χ0v) is 10.5. The van der Waals surface area contributed by atoms with Gasteiger partial charge in [-0.1, -0.05) is 33.1 Å². The first-order valence-corrected chi connectivity index (χ1v) is 7.00. The SMILES string of the molecule is CC(C)C1CCNC(C2CCCCC2)C1. The molecule has 1 aliphatic heterocycles. The molecule has 0 radical (unpaired) electrons. The Hall–Kier alpha value is -0.0400. The van der Waals surface area contributed by atoms with Crippen molar-refractivity contribution in [3.05, 3.63) is 0 Å². The normalized spacial score (nSPS) is 34.6. The quantitative estimate of drug-likeness (QED) is 0.733. The van der Waals surface area contributed by atoms with Crippen LogP contribution in [0.5, 0.6) is 0 Å². The van der Waals surface area contributed by atoms with E-state index in [0.29, 0.717) is 0 Å². The van der Waals surface area contributed by atoms with Crippen molar-refractivity contribution >= 4 is 0 Å². The topological polar surface area (TPSA) is 12.0 Å². The van der Waals surface area contributed by atoms with Gasteiger partial charge < -0.3 is 5.32 Å². The maximum absolute atomic E-state index is 3.77. The molecule has 0 bridgehead atoms. The third kappa shape index (κ3) is 2.96. The van der Waals surface area contributed by atoms with Gasteiger partial charge in [0.25, 0.3) is 0 Å². The van der Waals surface area contributed by atoms with Crippen LogP contribution in [-0.4, -0.2) is 12.6 Å². The minimum absolute atomic E-state index is 0.853. The van der Waals surface area contributed by atoms with E-state index < -0.39 is 0 Å². The highest BCUT2D eigenvalue weighted by atomic mass is 14.9. The minimum atomic E-state index is 0.853. The van der Waals surface area contributed by atoms with E-state index in [1.165, 1.54) is 51.5 Å². The van der Waals surface area contributed by atoms with Gasteiger partial charge in [0.1, 0.15) is 0 Å². The molecule has 0 amide bonds. The fourth-order valence-electron chi connectivity index (χ4n) is 3.48. The number of hydrogen-bond acceptors (Lipinski definition) is 1. The van der Waals surface area contributed by atoms with Gasteiger partial charge in [-0.2, -0.15) is 0 Å². The van der Waals surface area contributed by atoms with Crippen molar-refractivity contribution in [2.75, 3.05) is 6.54 Å². The monoisotopic (exact) mass is 209 g/mol. The highest BCUT2D eigenvalue weighted by molar-refractivity contribution is 4.86. The van der Waals surface area contributed by atoms with Crippen LogP contribution in [0.25, 0.3) is 0 Å². The van der Waals surface area contributed by atoms with Crippen LogP contribution >= 0.6 is 0 Å². The van der Waals surface area contributed by atoms with E-state index in [2.05, 4.69) is 19.2 Å². The molecule has 88 valence electrons. The Balaban J connectivity index is 1.85. The summed E-state index contributed by atoms with van der Waals surface area (Å²) in [7, 11) is 0. The summed E-state index contributed by atoms with van der Waals surface area (Å²) in [6, 6.07) is 0.853. The first-order chi connectivity index (χ1) is 7.27. The molecule has 1 saturated carbocycles. The van der Waals surface area contributed by atoms with E-state index in [0.717, 1.165) is 23.8 Å². The lowest BCUT2D eigenvalue weighted by Crippen LogP contribution is -2.44. The van der Waals surface area contributed by atoms with Crippen molar-refractivity contribution in [2.45, 2.75) is 64.8 Å². The van der Waals surface area contributed by atoms with E-state index in [4.69, 9.17) is 0 Å². The molecule has 2 fully saturated rings. The van der Waals surface area contributed by atoms with Gasteiger partial charge in [0.2, 0.25) is 0 Å². The van der Waals surface area contributed by atoms with E-state index >= 15 is 0 Å². The summed E-state index contributed by atoms with van der Waals surface area (Å²) in [5, 5.41) is 3.77. The third-order valence-corrected chi connectivity index (χ3v) is 4.64. The predicted molar refractivity (Wildman–Crippen MR) is 65.9 cm³/mol. The van der Waals surface area contributed by atoms with Gasteiger partial charge in [-0.3, -0.25) is 0 Å². The fraction of sp³-hybridized carbons (Fsp3) is 1.00. The molecular formula is C14H27N. The lowest BCUT2D eigenvalue weighted by Gasteiger charge is -2.38. The van der Waals surface area contributed by atoms with Crippen LogP contribution in [0.3, 0.4) is 0 Å². The summed E-state index contributed by atoms with van der Waals surface area (Å²) in [6.45, 7) is 6.06. The van der Waals surface area contributed by atoms with Crippen LogP contribution in [0.4, 0.5) is 0 Å². The maximum atomic E-state index is 3.77. The largest absolute Gasteiger partial charge is 0.314 e. The second-order valence-corrected chi connectivity index (χ2v) is 5.99. The van der Waals surface area contributed by atoms with Crippen molar-refractivity contribution in [3.8, 4) is 0 Å². The molecule has 1 heteroatoms. The van der Waals surface area contributed by atoms with Crippen LogP contribution in [-0.2, 0) is 0 Å². The van der Waals surface area contributed by atoms with Gasteiger partial charge >= 0.3 is 0 Å². The molecule has 15 heavy (non-hydrogen) atoms. The Kier molecular flexibility index (Phi) is 4.07. The number of piperidine rings is 1. The first-order valence-electron chi connectivity index (χ1n) is 7.00. The van der Waals surface area contributed by atoms with Gasteiger partial charge in [0.05, 0.1) is 0 Å². The van der Waals surface area contributed by atoms with E-state index in [1.807, 2.05) is 0 Å². The van der Waals surface area contributed by atoms with Crippen molar-refractivity contribution in [2.24, 2.45) is 17.8 Å². The summed E-state index contributed by atoms with van der Waals surface area (Å²) in [5.41, 5.74) is 0. The van der Waals surface area contributed by atoms with E-state index in [1.54, 1.807) is 0 Å². The Bertz CT molecular complexity index is 182. The molecule has 2 atom stereocenters. The van der Waals surface area contributed by atoms with Gasteiger partial charge in [0, 0.05) is 6.04 Å². The van der Waals surface area contributed by atoms with Crippen molar-refractivity contribution in [1.29, 1.82) is 0 Å². The van der Waals surface area contributed by atoms with Gasteiger partial charge in [0.15, 0.2) is 0 Å². The third-order valence-electron chi connectivity index (χ3n) is 4.64. The fourth-order valence-corrected chi connectivity index (χ4v) is 3.48. The van der Waals surface area contributed by atoms with Gasteiger partial charge in [-0.05, 0) is 50.0 Å². The Morgan fingerprint density at radius 3 is 2.40 bits per heavy atom. The zero-order chi connectivity index (χ0) is 10.7. The molecular weight excluding hydrogens is 182 g/mol. The van der Waals surface area contributed by atoms with Gasteiger partial charge in [-0.25, -0.2) is 0 Å². The lowest BCUT2D eigenvalue weighted by atomic mass is 9.75. The van der Waals surface area contributed by atoms with Crippen LogP contribution in [0.15, 0.2) is 0 Å². The molecule has 2 rings (SSSR count). The molecule has 1 saturated heterocycles. The smallest absolute Gasteiger partial charge is 0.00980 e. The van der Waals surface area contributed by atoms with Crippen LogP contribution in [0.2, 0.25) is 0 Å². The lowest BCUT2D eigenvalue weighted by molar-refractivity contribution is 0.171. The van der Waals surface area contributed by atoms with Crippen molar-refractivity contribution in [3.63, 3.8) is 0 Å². The van der Waals surface area contributed by atoms with Crippen LogP contribution < -0.4 is 5.32 Å². The molecule has 0 aromatic rings. The predicted octanol–water partition coefficient (Wildman–Crippen LogP) is 3.59. The summed E-state index contributed by atoms with van der Waals surface area (Å²) in [5.74, 6) is 2.87. The van der Waals surface area contributed by atoms with E-state index in [9.17, 15) is 0 Å². The van der Waals surface area contributed by atoms with Crippen LogP contribution in [0.1, 0.15) is 58.8 Å². The summed E-state index contributed by atoms with van der Waals surface area (Å²) in [4.78, 5) is 0. The average molecular weight is 209 g/mol. The molecule has 2 aliphatic rings. The number of hydrogen-bond donors (Lipinski definition) is 1. The standard InChI is InChI=1S/C14H27N/c1-11(2)13-8-9-15-14(10-13)12-6-4-3-5-7-12/h11-15H,3-10H2,1-2H3. The van der Waals surface area contributed by atoms with E-state index in [-0.39, 0.29) is 0 Å². The summed E-state index contributed by atoms with van der Waals surface area (Å²) in [6.07, 6.45) is 10.3.